The van der Waals surface area contributed by atoms with Crippen LogP contribution in [0.25, 0.3) is 0 Å². The Morgan fingerprint density at radius 2 is 1.93 bits per heavy atom. The van der Waals surface area contributed by atoms with Gasteiger partial charge in [0.05, 0.1) is 0 Å². The number of hydrogen-bond donors (Lipinski definition) is 1. The van der Waals surface area contributed by atoms with E-state index >= 15 is 0 Å². The van der Waals surface area contributed by atoms with Gasteiger partial charge in [-0.25, -0.2) is 12.7 Å². The highest BCUT2D eigenvalue weighted by atomic mass is 32.2. The summed E-state index contributed by atoms with van der Waals surface area (Å²) < 4.78 is 24.1. The first-order chi connectivity index (χ1) is 6.92. The molecule has 0 saturated heterocycles. The Hall–Kier alpha value is -0.620. The largest absolute Gasteiger partial charge is 0.480 e. The van der Waals surface area contributed by atoms with Gasteiger partial charge in [-0.1, -0.05) is 12.8 Å². The van der Waals surface area contributed by atoms with Gasteiger partial charge in [0.15, 0.2) is 5.75 Å². The molecule has 0 radical (unpaired) electrons. The fraction of sp³-hybridized carbons (Fsp3) is 0.889. The van der Waals surface area contributed by atoms with Crippen LogP contribution in [0, 0.1) is 5.92 Å². The molecule has 0 bridgehead atoms. The van der Waals surface area contributed by atoms with Crippen LogP contribution >= 0.6 is 0 Å². The number of hydrogen-bond acceptors (Lipinski definition) is 3. The molecule has 0 unspecified atom stereocenters. The molecule has 0 aromatic carbocycles. The van der Waals surface area contributed by atoms with E-state index in [1.165, 1.54) is 11.4 Å². The van der Waals surface area contributed by atoms with Gasteiger partial charge < -0.3 is 5.11 Å². The average molecular weight is 235 g/mol. The van der Waals surface area contributed by atoms with Crippen molar-refractivity contribution in [3.63, 3.8) is 0 Å². The summed E-state index contributed by atoms with van der Waals surface area (Å²) >= 11 is 0. The van der Waals surface area contributed by atoms with Crippen molar-refractivity contribution in [2.24, 2.45) is 5.92 Å². The summed E-state index contributed by atoms with van der Waals surface area (Å²) in [4.78, 5) is 10.4. The van der Waals surface area contributed by atoms with Crippen LogP contribution in [-0.2, 0) is 14.8 Å². The van der Waals surface area contributed by atoms with Crippen LogP contribution in [0.3, 0.4) is 0 Å². The third-order valence-corrected chi connectivity index (χ3v) is 4.48. The molecule has 0 aromatic heterocycles. The first-order valence-corrected chi connectivity index (χ1v) is 6.68. The lowest BCUT2D eigenvalue weighted by Gasteiger charge is -2.19. The van der Waals surface area contributed by atoms with E-state index in [1.807, 2.05) is 0 Å². The first kappa shape index (κ1) is 12.4. The number of nitrogens with zero attached hydrogens (tertiary/aromatic N) is 1. The van der Waals surface area contributed by atoms with Crippen molar-refractivity contribution in [2.75, 3.05) is 19.3 Å². The number of carboxylic acids is 1. The Labute approximate surface area is 90.1 Å². The molecule has 0 atom stereocenters. The molecule has 1 fully saturated rings. The van der Waals surface area contributed by atoms with Crippen LogP contribution in [-0.4, -0.2) is 43.1 Å². The standard InChI is InChI=1S/C9H17NO4S/c1-10(6-8-4-2-3-5-8)15(13,14)7-9(11)12/h8H,2-7H2,1H3,(H,11,12). The Morgan fingerprint density at radius 3 is 2.40 bits per heavy atom. The quantitative estimate of drug-likeness (QED) is 0.754. The van der Waals surface area contributed by atoms with E-state index in [0.29, 0.717) is 12.5 Å². The fourth-order valence-corrected chi connectivity index (χ4v) is 2.91. The number of sulfonamides is 1. The Bertz CT molecular complexity index is 319. The molecule has 1 N–H and O–H groups in total. The molecule has 0 aromatic rings. The van der Waals surface area contributed by atoms with Crippen LogP contribution in [0.2, 0.25) is 0 Å². The molecule has 5 nitrogen and oxygen atoms in total. The number of aliphatic carboxylic acids is 1. The van der Waals surface area contributed by atoms with E-state index in [0.717, 1.165) is 25.7 Å². The van der Waals surface area contributed by atoms with E-state index in [1.54, 1.807) is 0 Å². The normalized spacial score (nSPS) is 18.5. The lowest BCUT2D eigenvalue weighted by atomic mass is 10.1. The van der Waals surface area contributed by atoms with Gasteiger partial charge in [-0.05, 0) is 18.8 Å². The lowest BCUT2D eigenvalue weighted by Crippen LogP contribution is -2.35. The second kappa shape index (κ2) is 4.94. The summed E-state index contributed by atoms with van der Waals surface area (Å²) in [7, 11) is -2.16. The monoisotopic (exact) mass is 235 g/mol. The highest BCUT2D eigenvalue weighted by Gasteiger charge is 2.25. The van der Waals surface area contributed by atoms with E-state index in [2.05, 4.69) is 0 Å². The van der Waals surface area contributed by atoms with Crippen molar-refractivity contribution in [1.82, 2.24) is 4.31 Å². The minimum atomic E-state index is -3.61. The molecule has 1 aliphatic carbocycles. The van der Waals surface area contributed by atoms with Crippen LogP contribution in [0.5, 0.6) is 0 Å². The third-order valence-electron chi connectivity index (χ3n) is 2.77. The molecule has 88 valence electrons. The molecule has 15 heavy (non-hydrogen) atoms. The second-order valence-corrected chi connectivity index (χ2v) is 6.16. The summed E-state index contributed by atoms with van der Waals surface area (Å²) in [6.07, 6.45) is 4.40. The maximum atomic E-state index is 11.5. The zero-order chi connectivity index (χ0) is 11.5. The summed E-state index contributed by atoms with van der Waals surface area (Å²) in [5, 5.41) is 8.45. The van der Waals surface area contributed by atoms with Crippen molar-refractivity contribution in [2.45, 2.75) is 25.7 Å². The summed E-state index contributed by atoms with van der Waals surface area (Å²) in [5.41, 5.74) is 0. The first-order valence-electron chi connectivity index (χ1n) is 5.07. The zero-order valence-corrected chi connectivity index (χ0v) is 9.66. The predicted molar refractivity (Wildman–Crippen MR) is 56.0 cm³/mol. The van der Waals surface area contributed by atoms with Crippen LogP contribution in [0.1, 0.15) is 25.7 Å². The minimum Gasteiger partial charge on any atom is -0.480 e. The van der Waals surface area contributed by atoms with Crippen LogP contribution < -0.4 is 0 Å². The fourth-order valence-electron chi connectivity index (χ4n) is 1.94. The van der Waals surface area contributed by atoms with Gasteiger partial charge in [-0.3, -0.25) is 4.79 Å². The highest BCUT2D eigenvalue weighted by Crippen LogP contribution is 2.25. The topological polar surface area (TPSA) is 74.7 Å². The smallest absolute Gasteiger partial charge is 0.320 e. The Morgan fingerprint density at radius 1 is 1.40 bits per heavy atom. The number of carboxylic acid groups (broad SMARTS) is 1. The van der Waals surface area contributed by atoms with Crippen molar-refractivity contribution in [3.05, 3.63) is 0 Å². The van der Waals surface area contributed by atoms with Crippen LogP contribution in [0.4, 0.5) is 0 Å². The Balaban J connectivity index is 2.50. The second-order valence-electron chi connectivity index (χ2n) is 4.08. The predicted octanol–water partition coefficient (Wildman–Crippen LogP) is 0.523. The summed E-state index contributed by atoms with van der Waals surface area (Å²) in [6, 6.07) is 0. The van der Waals surface area contributed by atoms with E-state index in [4.69, 9.17) is 5.11 Å². The molecular weight excluding hydrogens is 218 g/mol. The molecule has 1 aliphatic rings. The zero-order valence-electron chi connectivity index (χ0n) is 8.85. The van der Waals surface area contributed by atoms with Crippen molar-refractivity contribution in [3.8, 4) is 0 Å². The van der Waals surface area contributed by atoms with E-state index < -0.39 is 21.7 Å². The molecular formula is C9H17NO4S. The van der Waals surface area contributed by atoms with Gasteiger partial charge in [-0.2, -0.15) is 0 Å². The maximum absolute atomic E-state index is 11.5. The number of rotatable bonds is 5. The highest BCUT2D eigenvalue weighted by molar-refractivity contribution is 7.89. The summed E-state index contributed by atoms with van der Waals surface area (Å²) in [5.74, 6) is -1.71. The molecule has 6 heteroatoms. The van der Waals surface area contributed by atoms with E-state index in [9.17, 15) is 13.2 Å². The average Bonchev–Trinajstić information content (AvgIpc) is 2.54. The molecule has 0 aliphatic heterocycles. The molecule has 0 amide bonds. The number of carbonyl (C=O) groups is 1. The van der Waals surface area contributed by atoms with Crippen molar-refractivity contribution < 1.29 is 18.3 Å². The van der Waals surface area contributed by atoms with Gasteiger partial charge in [0, 0.05) is 13.6 Å². The molecule has 0 spiro atoms. The SMILES string of the molecule is CN(CC1CCCC1)S(=O)(=O)CC(=O)O. The Kier molecular flexibility index (Phi) is 4.10. The minimum absolute atomic E-state index is 0.401. The van der Waals surface area contributed by atoms with Crippen molar-refractivity contribution in [1.29, 1.82) is 0 Å². The van der Waals surface area contributed by atoms with E-state index in [-0.39, 0.29) is 0 Å². The summed E-state index contributed by atoms with van der Waals surface area (Å²) in [6.45, 7) is 0.454. The lowest BCUT2D eigenvalue weighted by molar-refractivity contribution is -0.134. The van der Waals surface area contributed by atoms with Crippen LogP contribution in [0.15, 0.2) is 0 Å². The molecule has 1 saturated carbocycles. The van der Waals surface area contributed by atoms with Gasteiger partial charge in [-0.15, -0.1) is 0 Å². The van der Waals surface area contributed by atoms with Gasteiger partial charge in [0.25, 0.3) is 0 Å². The third kappa shape index (κ3) is 3.79. The molecule has 0 heterocycles. The van der Waals surface area contributed by atoms with Gasteiger partial charge in [0.1, 0.15) is 0 Å². The van der Waals surface area contributed by atoms with Crippen molar-refractivity contribution >= 4 is 16.0 Å². The van der Waals surface area contributed by atoms with Gasteiger partial charge >= 0.3 is 5.97 Å². The molecule has 1 rings (SSSR count). The van der Waals surface area contributed by atoms with Gasteiger partial charge in [0.2, 0.25) is 10.0 Å². The maximum Gasteiger partial charge on any atom is 0.320 e.